The summed E-state index contributed by atoms with van der Waals surface area (Å²) in [6, 6.07) is 12.8. The van der Waals surface area contributed by atoms with Gasteiger partial charge in [0.1, 0.15) is 5.75 Å². The molecule has 1 aliphatic heterocycles. The van der Waals surface area contributed by atoms with Crippen LogP contribution in [0.15, 0.2) is 42.6 Å². The van der Waals surface area contributed by atoms with Crippen molar-refractivity contribution in [3.05, 3.63) is 59.4 Å². The number of ether oxygens (including phenoxy) is 1. The average molecular weight is 254 g/mol. The van der Waals surface area contributed by atoms with Crippen LogP contribution in [-0.2, 0) is 12.8 Å². The van der Waals surface area contributed by atoms with Crippen LogP contribution in [0.25, 0.3) is 0 Å². The molecule has 1 atom stereocenters. The van der Waals surface area contributed by atoms with Crippen molar-refractivity contribution in [2.24, 2.45) is 0 Å². The van der Waals surface area contributed by atoms with Gasteiger partial charge in [0.15, 0.2) is 0 Å². The number of rotatable bonds is 4. The highest BCUT2D eigenvalue weighted by atomic mass is 16.5. The van der Waals surface area contributed by atoms with E-state index in [0.29, 0.717) is 6.04 Å². The van der Waals surface area contributed by atoms with Crippen LogP contribution in [0.5, 0.6) is 5.75 Å². The number of likely N-dealkylation sites (N-methyl/N-ethyl adjacent to an activating group) is 1. The molecular formula is C16H18N2O. The Balaban J connectivity index is 1.82. The molecule has 0 radical (unpaired) electrons. The zero-order chi connectivity index (χ0) is 13.1. The number of aromatic nitrogens is 1. The monoisotopic (exact) mass is 254 g/mol. The highest BCUT2D eigenvalue weighted by Crippen LogP contribution is 2.29. The van der Waals surface area contributed by atoms with Gasteiger partial charge in [0, 0.05) is 30.8 Å². The lowest BCUT2D eigenvalue weighted by atomic mass is 9.99. The van der Waals surface area contributed by atoms with E-state index in [9.17, 15) is 0 Å². The van der Waals surface area contributed by atoms with E-state index in [1.807, 2.05) is 25.4 Å². The van der Waals surface area contributed by atoms with Crippen LogP contribution in [0.2, 0.25) is 0 Å². The summed E-state index contributed by atoms with van der Waals surface area (Å²) in [5.41, 5.74) is 3.73. The van der Waals surface area contributed by atoms with E-state index in [4.69, 9.17) is 4.74 Å². The quantitative estimate of drug-likeness (QED) is 0.910. The first kappa shape index (κ1) is 12.2. The minimum Gasteiger partial charge on any atom is -0.493 e. The van der Waals surface area contributed by atoms with Crippen molar-refractivity contribution in [3.8, 4) is 5.75 Å². The molecule has 1 N–H and O–H groups in total. The summed E-state index contributed by atoms with van der Waals surface area (Å²) >= 11 is 0. The minimum atomic E-state index is 0.292. The first-order valence-corrected chi connectivity index (χ1v) is 6.69. The maximum atomic E-state index is 5.55. The summed E-state index contributed by atoms with van der Waals surface area (Å²) in [4.78, 5) is 4.40. The average Bonchev–Trinajstić information content (AvgIpc) is 2.93. The van der Waals surface area contributed by atoms with Crippen molar-refractivity contribution in [3.63, 3.8) is 0 Å². The van der Waals surface area contributed by atoms with Crippen molar-refractivity contribution in [2.45, 2.75) is 18.9 Å². The molecule has 0 amide bonds. The Bertz CT molecular complexity index is 554. The third kappa shape index (κ3) is 2.61. The van der Waals surface area contributed by atoms with Crippen LogP contribution in [-0.4, -0.2) is 18.6 Å². The number of hydrogen-bond acceptors (Lipinski definition) is 3. The fourth-order valence-electron chi connectivity index (χ4n) is 2.54. The molecule has 1 unspecified atom stereocenters. The summed E-state index contributed by atoms with van der Waals surface area (Å²) in [7, 11) is 2.00. The molecular weight excluding hydrogens is 236 g/mol. The van der Waals surface area contributed by atoms with Gasteiger partial charge in [0.2, 0.25) is 0 Å². The maximum Gasteiger partial charge on any atom is 0.122 e. The molecule has 1 aromatic carbocycles. The molecule has 19 heavy (non-hydrogen) atoms. The molecule has 3 heteroatoms. The maximum absolute atomic E-state index is 5.55. The lowest BCUT2D eigenvalue weighted by Gasteiger charge is -2.17. The number of pyridine rings is 1. The molecule has 0 spiro atoms. The number of nitrogens with one attached hydrogen (secondary N) is 1. The van der Waals surface area contributed by atoms with Crippen LogP contribution < -0.4 is 10.1 Å². The second kappa shape index (κ2) is 5.41. The van der Waals surface area contributed by atoms with Crippen LogP contribution in [0.3, 0.4) is 0 Å². The van der Waals surface area contributed by atoms with Crippen molar-refractivity contribution >= 4 is 0 Å². The van der Waals surface area contributed by atoms with Crippen molar-refractivity contribution < 1.29 is 4.74 Å². The van der Waals surface area contributed by atoms with Crippen LogP contribution in [0.4, 0.5) is 0 Å². The number of benzene rings is 1. The van der Waals surface area contributed by atoms with Gasteiger partial charge in [0.25, 0.3) is 0 Å². The van der Waals surface area contributed by atoms with E-state index in [1.54, 1.807) is 0 Å². The Morgan fingerprint density at radius 3 is 3.05 bits per heavy atom. The van der Waals surface area contributed by atoms with E-state index in [1.165, 1.54) is 11.1 Å². The van der Waals surface area contributed by atoms with Gasteiger partial charge >= 0.3 is 0 Å². The van der Waals surface area contributed by atoms with E-state index in [2.05, 4.69) is 34.6 Å². The Kier molecular flexibility index (Phi) is 3.47. The second-order valence-electron chi connectivity index (χ2n) is 4.83. The largest absolute Gasteiger partial charge is 0.493 e. The fourth-order valence-corrected chi connectivity index (χ4v) is 2.54. The van der Waals surface area contributed by atoms with E-state index in [0.717, 1.165) is 30.9 Å². The molecule has 3 nitrogen and oxygen atoms in total. The van der Waals surface area contributed by atoms with E-state index >= 15 is 0 Å². The first-order valence-electron chi connectivity index (χ1n) is 6.69. The van der Waals surface area contributed by atoms with Gasteiger partial charge in [0.05, 0.1) is 6.61 Å². The zero-order valence-electron chi connectivity index (χ0n) is 11.1. The van der Waals surface area contributed by atoms with Gasteiger partial charge in [-0.3, -0.25) is 4.98 Å². The summed E-state index contributed by atoms with van der Waals surface area (Å²) in [5.74, 6) is 1.04. The smallest absolute Gasteiger partial charge is 0.122 e. The van der Waals surface area contributed by atoms with Crippen LogP contribution in [0, 0.1) is 0 Å². The summed E-state index contributed by atoms with van der Waals surface area (Å²) < 4.78 is 5.55. The number of hydrogen-bond donors (Lipinski definition) is 1. The zero-order valence-corrected chi connectivity index (χ0v) is 11.1. The van der Waals surface area contributed by atoms with Crippen LogP contribution in [0.1, 0.15) is 22.9 Å². The molecule has 2 heterocycles. The predicted molar refractivity (Wildman–Crippen MR) is 75.4 cm³/mol. The van der Waals surface area contributed by atoms with Crippen molar-refractivity contribution in [1.82, 2.24) is 10.3 Å². The second-order valence-corrected chi connectivity index (χ2v) is 4.83. The SMILES string of the molecule is CNC(Cc1ccccn1)c1ccc2c(c1)CCO2. The highest BCUT2D eigenvalue weighted by molar-refractivity contribution is 5.41. The Labute approximate surface area is 113 Å². The molecule has 0 saturated heterocycles. The molecule has 1 aliphatic rings. The summed E-state index contributed by atoms with van der Waals surface area (Å²) in [6.45, 7) is 0.809. The predicted octanol–water partition coefficient (Wildman–Crippen LogP) is 2.52. The molecule has 0 bridgehead atoms. The van der Waals surface area contributed by atoms with E-state index in [-0.39, 0.29) is 0 Å². The van der Waals surface area contributed by atoms with Gasteiger partial charge in [-0.25, -0.2) is 0 Å². The molecule has 2 aromatic rings. The summed E-state index contributed by atoms with van der Waals surface area (Å²) in [6.07, 6.45) is 3.76. The summed E-state index contributed by atoms with van der Waals surface area (Å²) in [5, 5.41) is 3.38. The third-order valence-corrected chi connectivity index (χ3v) is 3.60. The van der Waals surface area contributed by atoms with Crippen molar-refractivity contribution in [1.29, 1.82) is 0 Å². The number of fused-ring (bicyclic) bond motifs is 1. The first-order chi connectivity index (χ1) is 9.36. The standard InChI is InChI=1S/C16H18N2O/c1-17-15(11-14-4-2-3-8-18-14)12-5-6-16-13(10-12)7-9-19-16/h2-6,8,10,15,17H,7,9,11H2,1H3. The van der Waals surface area contributed by atoms with Gasteiger partial charge in [-0.15, -0.1) is 0 Å². The third-order valence-electron chi connectivity index (χ3n) is 3.60. The van der Waals surface area contributed by atoms with Gasteiger partial charge in [-0.1, -0.05) is 18.2 Å². The molecule has 0 aliphatic carbocycles. The molecule has 3 rings (SSSR count). The molecule has 0 saturated carbocycles. The van der Waals surface area contributed by atoms with E-state index < -0.39 is 0 Å². The van der Waals surface area contributed by atoms with Crippen molar-refractivity contribution in [2.75, 3.05) is 13.7 Å². The van der Waals surface area contributed by atoms with Gasteiger partial charge in [-0.2, -0.15) is 0 Å². The topological polar surface area (TPSA) is 34.2 Å². The lowest BCUT2D eigenvalue weighted by Crippen LogP contribution is -2.19. The Morgan fingerprint density at radius 1 is 1.32 bits per heavy atom. The molecule has 0 fully saturated rings. The number of nitrogens with zero attached hydrogens (tertiary/aromatic N) is 1. The fraction of sp³-hybridized carbons (Fsp3) is 0.312. The van der Waals surface area contributed by atoms with Gasteiger partial charge in [-0.05, 0) is 36.4 Å². The minimum absolute atomic E-state index is 0.292. The Hall–Kier alpha value is -1.87. The normalized spacial score (nSPS) is 14.8. The molecule has 98 valence electrons. The Morgan fingerprint density at radius 2 is 2.26 bits per heavy atom. The highest BCUT2D eigenvalue weighted by Gasteiger charge is 2.16. The molecule has 1 aromatic heterocycles. The van der Waals surface area contributed by atoms with Crippen LogP contribution >= 0.6 is 0 Å². The lowest BCUT2D eigenvalue weighted by molar-refractivity contribution is 0.356. The van der Waals surface area contributed by atoms with Gasteiger partial charge < -0.3 is 10.1 Å².